The van der Waals surface area contributed by atoms with Gasteiger partial charge in [0.05, 0.1) is 14.7 Å². The summed E-state index contributed by atoms with van der Waals surface area (Å²) in [4.78, 5) is 0. The van der Waals surface area contributed by atoms with Crippen molar-refractivity contribution in [2.45, 2.75) is 96.5 Å². The molecule has 0 amide bonds. The van der Waals surface area contributed by atoms with Gasteiger partial charge in [-0.1, -0.05) is 46.1 Å². The Hall–Kier alpha value is -0.146. The van der Waals surface area contributed by atoms with E-state index in [9.17, 15) is 0 Å². The van der Waals surface area contributed by atoms with E-state index in [2.05, 4.69) is 59.2 Å². The van der Waals surface area contributed by atoms with Gasteiger partial charge in [-0.2, -0.15) is 0 Å². The molecule has 2 rings (SSSR count). The first kappa shape index (κ1) is 20.2. The van der Waals surface area contributed by atoms with E-state index in [4.69, 9.17) is 18.6 Å². The fraction of sp³-hybridized carbons (Fsp3) is 0.889. The van der Waals surface area contributed by atoms with E-state index in [1.165, 1.54) is 0 Å². The van der Waals surface area contributed by atoms with Gasteiger partial charge in [0.2, 0.25) is 0 Å². The van der Waals surface area contributed by atoms with Crippen molar-refractivity contribution in [3.8, 4) is 0 Å². The highest BCUT2D eigenvalue weighted by Crippen LogP contribution is 2.42. The van der Waals surface area contributed by atoms with Crippen LogP contribution in [0.15, 0.2) is 11.5 Å². The lowest BCUT2D eigenvalue weighted by atomic mass is 10.1. The molecule has 0 aromatic rings. The van der Waals surface area contributed by atoms with Crippen LogP contribution in [-0.4, -0.2) is 47.1 Å². The molecule has 0 aromatic heterocycles. The van der Waals surface area contributed by atoms with Gasteiger partial charge in [0.15, 0.2) is 14.1 Å². The number of rotatable bonds is 4. The van der Waals surface area contributed by atoms with Gasteiger partial charge < -0.3 is 18.6 Å². The second-order valence-electron chi connectivity index (χ2n) is 10.2. The smallest absolute Gasteiger partial charge is 0.192 e. The van der Waals surface area contributed by atoms with Crippen LogP contribution in [0.4, 0.5) is 0 Å². The van der Waals surface area contributed by atoms with Crippen molar-refractivity contribution in [2.24, 2.45) is 0 Å². The fourth-order valence-electron chi connectivity index (χ4n) is 2.77. The summed E-state index contributed by atoms with van der Waals surface area (Å²) >= 11 is 0. The Balaban J connectivity index is 2.15. The Labute approximate surface area is 150 Å². The van der Waals surface area contributed by atoms with Crippen molar-refractivity contribution in [1.29, 1.82) is 0 Å². The Morgan fingerprint density at radius 1 is 1.08 bits per heavy atom. The first-order chi connectivity index (χ1) is 10.6. The molecule has 0 radical (unpaired) electrons. The maximum absolute atomic E-state index is 6.40. The third-order valence-electron chi connectivity index (χ3n) is 5.05. The summed E-state index contributed by atoms with van der Waals surface area (Å²) in [6.45, 7) is 22.7. The highest BCUT2D eigenvalue weighted by atomic mass is 28.4. The first-order valence-corrected chi connectivity index (χ1v) is 15.5. The molecule has 140 valence electrons. The van der Waals surface area contributed by atoms with Crippen molar-refractivity contribution in [1.82, 2.24) is 0 Å². The van der Waals surface area contributed by atoms with Crippen LogP contribution in [0.1, 0.15) is 34.6 Å². The minimum absolute atomic E-state index is 0.0765. The molecular weight excluding hydrogens is 336 g/mol. The Kier molecular flexibility index (Phi) is 5.24. The molecule has 2 fully saturated rings. The van der Waals surface area contributed by atoms with Crippen molar-refractivity contribution >= 4 is 16.4 Å². The second-order valence-corrected chi connectivity index (χ2v) is 20.0. The van der Waals surface area contributed by atoms with E-state index < -0.39 is 22.2 Å². The largest absolute Gasteiger partial charge is 0.487 e. The van der Waals surface area contributed by atoms with E-state index in [-0.39, 0.29) is 23.4 Å². The predicted molar refractivity (Wildman–Crippen MR) is 103 cm³/mol. The lowest BCUT2D eigenvalue weighted by Crippen LogP contribution is -2.44. The third-order valence-corrected chi connectivity index (χ3v) is 10.7. The van der Waals surface area contributed by atoms with E-state index in [1.54, 1.807) is 0 Å². The van der Waals surface area contributed by atoms with Gasteiger partial charge in [0.1, 0.15) is 24.1 Å². The fourth-order valence-corrected chi connectivity index (χ4v) is 4.87. The summed E-state index contributed by atoms with van der Waals surface area (Å²) < 4.78 is 24.9. The van der Waals surface area contributed by atoms with Crippen molar-refractivity contribution in [3.05, 3.63) is 11.5 Å². The molecule has 0 N–H and O–H groups in total. The number of hydrogen-bond donors (Lipinski definition) is 0. The van der Waals surface area contributed by atoms with E-state index in [0.29, 0.717) is 6.61 Å². The average molecular weight is 373 g/mol. The molecule has 2 saturated heterocycles. The van der Waals surface area contributed by atoms with Gasteiger partial charge >= 0.3 is 0 Å². The van der Waals surface area contributed by atoms with Gasteiger partial charge in [0, 0.05) is 0 Å². The molecule has 0 aliphatic carbocycles. The summed E-state index contributed by atoms with van der Waals surface area (Å²) in [7, 11) is -3.21. The average Bonchev–Trinajstić information content (AvgIpc) is 2.79. The van der Waals surface area contributed by atoms with Crippen LogP contribution < -0.4 is 0 Å². The molecule has 0 bridgehead atoms. The highest BCUT2D eigenvalue weighted by molar-refractivity contribution is 6.81. The van der Waals surface area contributed by atoms with Crippen LogP contribution in [0.3, 0.4) is 0 Å². The summed E-state index contributed by atoms with van der Waals surface area (Å²) in [5, 5.41) is 0.189. The topological polar surface area (TPSA) is 36.9 Å². The van der Waals surface area contributed by atoms with E-state index >= 15 is 0 Å². The van der Waals surface area contributed by atoms with Gasteiger partial charge in [-0.3, -0.25) is 0 Å². The first-order valence-electron chi connectivity index (χ1n) is 9.00. The highest BCUT2D eigenvalue weighted by Gasteiger charge is 2.54. The second kappa shape index (κ2) is 6.23. The molecule has 4 nitrogen and oxygen atoms in total. The summed E-state index contributed by atoms with van der Waals surface area (Å²) in [6.07, 6.45) is -0.263. The monoisotopic (exact) mass is 372 g/mol. The third kappa shape index (κ3) is 4.52. The Morgan fingerprint density at radius 3 is 2.17 bits per heavy atom. The number of ether oxygens (including phenoxy) is 3. The minimum Gasteiger partial charge on any atom is -0.487 e. The van der Waals surface area contributed by atoms with Crippen molar-refractivity contribution in [3.63, 3.8) is 0 Å². The molecule has 0 aromatic carbocycles. The maximum Gasteiger partial charge on any atom is 0.192 e. The predicted octanol–water partition coefficient (Wildman–Crippen LogP) is 4.69. The standard InChI is InChI=1S/C18H36O4Si2/c1-17(2,3)24(9,10)19-11-13-15-16(22-18(4,5)21-15)14(20-13)12-23(6,7)8/h12-13,15-16H,11H2,1-10H3/b14-12-/t13-,15-,16+/m1/s1. The summed E-state index contributed by atoms with van der Waals surface area (Å²) in [6, 6.07) is 0. The van der Waals surface area contributed by atoms with Crippen LogP contribution in [0.2, 0.25) is 37.8 Å². The van der Waals surface area contributed by atoms with Crippen molar-refractivity contribution < 1.29 is 18.6 Å². The molecule has 3 atom stereocenters. The zero-order chi connectivity index (χ0) is 18.6. The quantitative estimate of drug-likeness (QED) is 0.671. The molecule has 0 spiro atoms. The Morgan fingerprint density at radius 2 is 1.67 bits per heavy atom. The molecule has 2 aliphatic rings. The maximum atomic E-state index is 6.40. The number of hydrogen-bond acceptors (Lipinski definition) is 4. The lowest BCUT2D eigenvalue weighted by Gasteiger charge is -2.37. The molecular formula is C18H36O4Si2. The van der Waals surface area contributed by atoms with Crippen LogP contribution in [0, 0.1) is 0 Å². The van der Waals surface area contributed by atoms with Crippen LogP contribution in [0.5, 0.6) is 0 Å². The summed E-state index contributed by atoms with van der Waals surface area (Å²) in [5.41, 5.74) is 2.29. The van der Waals surface area contributed by atoms with E-state index in [0.717, 1.165) is 5.76 Å². The SMILES string of the molecule is CC1(C)O[C@@H]2[C@@H](CO[Si](C)(C)C(C)(C)C)O/C(=C\[Si](C)(C)C)[C@@H]2O1. The number of fused-ring (bicyclic) bond motifs is 1. The summed E-state index contributed by atoms with van der Waals surface area (Å²) in [5.74, 6) is 0.390. The molecule has 24 heavy (non-hydrogen) atoms. The van der Waals surface area contributed by atoms with Gasteiger partial charge in [-0.15, -0.1) is 0 Å². The van der Waals surface area contributed by atoms with Crippen LogP contribution >= 0.6 is 0 Å². The normalized spacial score (nSPS) is 32.1. The van der Waals surface area contributed by atoms with Crippen LogP contribution in [-0.2, 0) is 18.6 Å². The molecule has 6 heteroatoms. The molecule has 2 aliphatic heterocycles. The van der Waals surface area contributed by atoms with Crippen molar-refractivity contribution in [2.75, 3.05) is 6.61 Å². The van der Waals surface area contributed by atoms with Crippen LogP contribution in [0.25, 0.3) is 0 Å². The lowest BCUT2D eigenvalue weighted by molar-refractivity contribution is -0.168. The molecule has 2 heterocycles. The zero-order valence-corrected chi connectivity index (χ0v) is 19.1. The molecule has 0 saturated carbocycles. The Bertz CT molecular complexity index is 500. The zero-order valence-electron chi connectivity index (χ0n) is 17.1. The van der Waals surface area contributed by atoms with Gasteiger partial charge in [-0.05, 0) is 32.0 Å². The van der Waals surface area contributed by atoms with E-state index in [1.807, 2.05) is 13.8 Å². The molecule has 0 unspecified atom stereocenters. The van der Waals surface area contributed by atoms with Gasteiger partial charge in [-0.25, -0.2) is 0 Å². The minimum atomic E-state index is -1.81. The van der Waals surface area contributed by atoms with Gasteiger partial charge in [0.25, 0.3) is 0 Å².